The van der Waals surface area contributed by atoms with Crippen LogP contribution in [0, 0.1) is 11.3 Å². The van der Waals surface area contributed by atoms with E-state index in [0.717, 1.165) is 5.57 Å². The summed E-state index contributed by atoms with van der Waals surface area (Å²) in [6, 6.07) is 0. The molecule has 0 aromatic carbocycles. The Morgan fingerprint density at radius 1 is 1.47 bits per heavy atom. The van der Waals surface area contributed by atoms with Gasteiger partial charge in [0.25, 0.3) is 0 Å². The van der Waals surface area contributed by atoms with Crippen LogP contribution in [0.5, 0.6) is 0 Å². The third-order valence-corrected chi connectivity index (χ3v) is 3.29. The van der Waals surface area contributed by atoms with E-state index in [9.17, 15) is 9.90 Å². The molecule has 0 heterocycles. The van der Waals surface area contributed by atoms with Crippen LogP contribution in [0.15, 0.2) is 36.0 Å². The van der Waals surface area contributed by atoms with Crippen LogP contribution in [-0.4, -0.2) is 16.5 Å². The van der Waals surface area contributed by atoms with Gasteiger partial charge in [0.05, 0.1) is 5.60 Å². The van der Waals surface area contributed by atoms with Gasteiger partial charge in [-0.25, -0.2) is 0 Å². The van der Waals surface area contributed by atoms with Crippen LogP contribution in [0.25, 0.3) is 0 Å². The first kappa shape index (κ1) is 13.9. The molecule has 0 radical (unpaired) electrons. The maximum Gasteiger partial charge on any atom is 0.152 e. The minimum atomic E-state index is -0.946. The molecule has 1 rings (SSSR count). The molecule has 0 bridgehead atoms. The summed E-state index contributed by atoms with van der Waals surface area (Å²) in [6.07, 6.45) is 9.11. The average Bonchev–Trinajstić information content (AvgIpc) is 2.17. The van der Waals surface area contributed by atoms with Gasteiger partial charge in [-0.1, -0.05) is 50.6 Å². The number of hydrogen-bond donors (Lipinski definition) is 1. The first-order valence-electron chi connectivity index (χ1n) is 5.95. The molecule has 94 valence electrons. The molecule has 2 unspecified atom stereocenters. The maximum absolute atomic E-state index is 11.0. The van der Waals surface area contributed by atoms with Crippen LogP contribution in [0.3, 0.4) is 0 Å². The molecule has 1 aliphatic carbocycles. The van der Waals surface area contributed by atoms with Crippen LogP contribution in [0.4, 0.5) is 0 Å². The highest BCUT2D eigenvalue weighted by molar-refractivity contribution is 5.87. The van der Waals surface area contributed by atoms with E-state index in [1.807, 2.05) is 45.9 Å². The Morgan fingerprint density at radius 3 is 2.53 bits per heavy atom. The quantitative estimate of drug-likeness (QED) is 0.746. The third kappa shape index (κ3) is 2.95. The van der Waals surface area contributed by atoms with Crippen LogP contribution >= 0.6 is 0 Å². The van der Waals surface area contributed by atoms with Gasteiger partial charge in [-0.05, 0) is 25.3 Å². The Kier molecular flexibility index (Phi) is 3.78. The molecule has 0 amide bonds. The predicted molar refractivity (Wildman–Crippen MR) is 70.6 cm³/mol. The number of aliphatic hydroxyl groups is 1. The van der Waals surface area contributed by atoms with E-state index in [1.165, 1.54) is 13.0 Å². The number of carbonyl (C=O) groups excluding carboxylic acids is 1. The Balaban J connectivity index is 3.13. The molecule has 1 aliphatic rings. The monoisotopic (exact) mass is 234 g/mol. The van der Waals surface area contributed by atoms with Crippen molar-refractivity contribution in [1.82, 2.24) is 0 Å². The van der Waals surface area contributed by atoms with Gasteiger partial charge in [0.2, 0.25) is 0 Å². The van der Waals surface area contributed by atoms with E-state index >= 15 is 0 Å². The standard InChI is InChI=1S/C15H22O2/c1-11-8-9-15(17,14(3,4)5)13(10-11)7-6-12(2)16/h6-10,13,17H,1-5H3/b7-6+. The van der Waals surface area contributed by atoms with Crippen LogP contribution in [-0.2, 0) is 4.79 Å². The summed E-state index contributed by atoms with van der Waals surface area (Å²) in [6.45, 7) is 9.51. The Hall–Kier alpha value is -1.15. The summed E-state index contributed by atoms with van der Waals surface area (Å²) in [7, 11) is 0. The highest BCUT2D eigenvalue weighted by atomic mass is 16.3. The highest BCUT2D eigenvalue weighted by Gasteiger charge is 2.43. The van der Waals surface area contributed by atoms with Gasteiger partial charge in [0, 0.05) is 5.92 Å². The summed E-state index contributed by atoms with van der Waals surface area (Å²) >= 11 is 0. The fourth-order valence-corrected chi connectivity index (χ4v) is 2.03. The molecule has 2 atom stereocenters. The maximum atomic E-state index is 11.0. The number of ketones is 1. The van der Waals surface area contributed by atoms with Gasteiger partial charge >= 0.3 is 0 Å². The lowest BCUT2D eigenvalue weighted by Gasteiger charge is -2.43. The molecular weight excluding hydrogens is 212 g/mol. The van der Waals surface area contributed by atoms with Gasteiger partial charge in [-0.15, -0.1) is 0 Å². The smallest absolute Gasteiger partial charge is 0.152 e. The zero-order valence-electron chi connectivity index (χ0n) is 11.3. The van der Waals surface area contributed by atoms with Crippen molar-refractivity contribution >= 4 is 5.78 Å². The van der Waals surface area contributed by atoms with Crippen LogP contribution < -0.4 is 0 Å². The highest BCUT2D eigenvalue weighted by Crippen LogP contribution is 2.41. The first-order chi connectivity index (χ1) is 7.67. The van der Waals surface area contributed by atoms with Crippen molar-refractivity contribution in [3.8, 4) is 0 Å². The van der Waals surface area contributed by atoms with Crippen molar-refractivity contribution in [1.29, 1.82) is 0 Å². The second-order valence-electron chi connectivity index (χ2n) is 5.81. The van der Waals surface area contributed by atoms with E-state index in [4.69, 9.17) is 0 Å². The SMILES string of the molecule is CC(=O)/C=C/C1C=C(C)C=CC1(O)C(C)(C)C. The third-order valence-electron chi connectivity index (χ3n) is 3.29. The molecule has 0 fully saturated rings. The molecule has 1 N–H and O–H groups in total. The van der Waals surface area contributed by atoms with Crippen molar-refractivity contribution in [3.05, 3.63) is 36.0 Å². The van der Waals surface area contributed by atoms with Crippen LogP contribution in [0.2, 0.25) is 0 Å². The summed E-state index contributed by atoms with van der Waals surface area (Å²) < 4.78 is 0. The molecule has 2 nitrogen and oxygen atoms in total. The van der Waals surface area contributed by atoms with Crippen LogP contribution in [0.1, 0.15) is 34.6 Å². The Bertz CT molecular complexity index is 394. The van der Waals surface area contributed by atoms with Crippen molar-refractivity contribution in [2.45, 2.75) is 40.2 Å². The summed E-state index contributed by atoms with van der Waals surface area (Å²) in [5.41, 5.74) is -0.123. The lowest BCUT2D eigenvalue weighted by Crippen LogP contribution is -2.47. The number of rotatable bonds is 2. The number of allylic oxidation sites excluding steroid dienone is 3. The fraction of sp³-hybridized carbons (Fsp3) is 0.533. The van der Waals surface area contributed by atoms with Gasteiger partial charge in [-0.3, -0.25) is 4.79 Å². The first-order valence-corrected chi connectivity index (χ1v) is 5.95. The predicted octanol–water partition coefficient (Wildman–Crippen LogP) is 3.04. The molecule has 0 saturated carbocycles. The zero-order chi connectivity index (χ0) is 13.3. The van der Waals surface area contributed by atoms with E-state index in [-0.39, 0.29) is 17.1 Å². The Labute approximate surface area is 104 Å². The molecule has 2 heteroatoms. The van der Waals surface area contributed by atoms with Crippen molar-refractivity contribution in [3.63, 3.8) is 0 Å². The van der Waals surface area contributed by atoms with Crippen molar-refractivity contribution in [2.75, 3.05) is 0 Å². The second kappa shape index (κ2) is 4.61. The van der Waals surface area contributed by atoms with Crippen molar-refractivity contribution < 1.29 is 9.90 Å². The molecule has 0 aromatic heterocycles. The summed E-state index contributed by atoms with van der Waals surface area (Å²) in [5, 5.41) is 10.8. The second-order valence-corrected chi connectivity index (χ2v) is 5.81. The lowest BCUT2D eigenvalue weighted by molar-refractivity contribution is -0.112. The molecule has 0 spiro atoms. The molecule has 0 aliphatic heterocycles. The number of carbonyl (C=O) groups is 1. The average molecular weight is 234 g/mol. The molecule has 0 saturated heterocycles. The van der Waals surface area contributed by atoms with Gasteiger partial charge < -0.3 is 5.11 Å². The largest absolute Gasteiger partial charge is 0.384 e. The summed E-state index contributed by atoms with van der Waals surface area (Å²) in [5.74, 6) is -0.154. The minimum absolute atomic E-state index is 0.00173. The van der Waals surface area contributed by atoms with E-state index < -0.39 is 5.60 Å². The van der Waals surface area contributed by atoms with Gasteiger partial charge in [0.1, 0.15) is 0 Å². The minimum Gasteiger partial charge on any atom is -0.384 e. The Morgan fingerprint density at radius 2 is 2.06 bits per heavy atom. The summed E-state index contributed by atoms with van der Waals surface area (Å²) in [4.78, 5) is 11.0. The number of hydrogen-bond acceptors (Lipinski definition) is 2. The van der Waals surface area contributed by atoms with E-state index in [2.05, 4.69) is 0 Å². The molecule has 17 heavy (non-hydrogen) atoms. The van der Waals surface area contributed by atoms with E-state index in [1.54, 1.807) is 6.08 Å². The topological polar surface area (TPSA) is 37.3 Å². The van der Waals surface area contributed by atoms with Gasteiger partial charge in [-0.2, -0.15) is 0 Å². The van der Waals surface area contributed by atoms with E-state index in [0.29, 0.717) is 0 Å². The van der Waals surface area contributed by atoms with Gasteiger partial charge in [0.15, 0.2) is 5.78 Å². The zero-order valence-corrected chi connectivity index (χ0v) is 11.3. The molecule has 0 aromatic rings. The molecular formula is C15H22O2. The van der Waals surface area contributed by atoms with Crippen molar-refractivity contribution in [2.24, 2.45) is 11.3 Å². The fourth-order valence-electron chi connectivity index (χ4n) is 2.03. The normalized spacial score (nSPS) is 29.5. The lowest BCUT2D eigenvalue weighted by atomic mass is 9.66.